The fraction of sp³-hybridized carbons (Fsp3) is 0.273. The van der Waals surface area contributed by atoms with E-state index in [0.717, 1.165) is 23.2 Å². The van der Waals surface area contributed by atoms with E-state index in [1.807, 2.05) is 25.3 Å². The van der Waals surface area contributed by atoms with Crippen LogP contribution in [0.2, 0.25) is 0 Å². The van der Waals surface area contributed by atoms with Crippen LogP contribution in [0.5, 0.6) is 0 Å². The molecule has 0 spiro atoms. The SMILES string of the molecule is Cc1ccc(C2CCN(C(=O)c3cc4c(cc3F)nc(N)c3cnn(C)c34)C2)nc1. The van der Waals surface area contributed by atoms with Crippen LogP contribution in [0.15, 0.2) is 36.7 Å². The Kier molecular flexibility index (Phi) is 4.16. The lowest BCUT2D eigenvalue weighted by molar-refractivity contribution is 0.0786. The summed E-state index contributed by atoms with van der Waals surface area (Å²) in [7, 11) is 1.78. The fourth-order valence-electron chi connectivity index (χ4n) is 4.22. The van der Waals surface area contributed by atoms with E-state index in [1.54, 1.807) is 28.9 Å². The lowest BCUT2D eigenvalue weighted by Gasteiger charge is -2.17. The average molecular weight is 404 g/mol. The van der Waals surface area contributed by atoms with Crippen molar-refractivity contribution in [2.24, 2.45) is 7.05 Å². The summed E-state index contributed by atoms with van der Waals surface area (Å²) in [5.41, 5.74) is 9.23. The number of likely N-dealkylation sites (tertiary alicyclic amines) is 1. The Bertz CT molecular complexity index is 1300. The second kappa shape index (κ2) is 6.76. The van der Waals surface area contributed by atoms with Crippen LogP contribution in [0.4, 0.5) is 10.2 Å². The zero-order valence-corrected chi connectivity index (χ0v) is 16.8. The first-order valence-corrected chi connectivity index (χ1v) is 9.84. The number of nitrogens with zero attached hydrogens (tertiary/aromatic N) is 5. The summed E-state index contributed by atoms with van der Waals surface area (Å²) in [4.78, 5) is 23.6. The number of carbonyl (C=O) groups is 1. The number of benzene rings is 1. The number of pyridine rings is 2. The largest absolute Gasteiger partial charge is 0.383 e. The van der Waals surface area contributed by atoms with Gasteiger partial charge in [0.15, 0.2) is 0 Å². The molecular weight excluding hydrogens is 383 g/mol. The van der Waals surface area contributed by atoms with E-state index in [4.69, 9.17) is 5.73 Å². The number of carbonyl (C=O) groups excluding carboxylic acids is 1. The molecule has 1 amide bonds. The summed E-state index contributed by atoms with van der Waals surface area (Å²) >= 11 is 0. The van der Waals surface area contributed by atoms with Crippen molar-refractivity contribution in [3.63, 3.8) is 0 Å². The Labute approximate surface area is 172 Å². The Morgan fingerprint density at radius 3 is 2.83 bits per heavy atom. The molecule has 1 aromatic carbocycles. The van der Waals surface area contributed by atoms with Crippen molar-refractivity contribution < 1.29 is 9.18 Å². The highest BCUT2D eigenvalue weighted by molar-refractivity contribution is 6.10. The average Bonchev–Trinajstić information content (AvgIpc) is 3.36. The van der Waals surface area contributed by atoms with Crippen molar-refractivity contribution >= 4 is 33.5 Å². The molecule has 1 aliphatic rings. The van der Waals surface area contributed by atoms with Crippen LogP contribution in [-0.2, 0) is 7.05 Å². The summed E-state index contributed by atoms with van der Waals surface area (Å²) in [6.07, 6.45) is 4.27. The molecule has 1 saturated heterocycles. The number of amides is 1. The highest BCUT2D eigenvalue weighted by Crippen LogP contribution is 2.31. The van der Waals surface area contributed by atoms with E-state index < -0.39 is 5.82 Å². The van der Waals surface area contributed by atoms with Gasteiger partial charge in [0.05, 0.1) is 28.2 Å². The first-order chi connectivity index (χ1) is 14.4. The lowest BCUT2D eigenvalue weighted by atomic mass is 10.0. The molecule has 7 nitrogen and oxygen atoms in total. The minimum atomic E-state index is -0.599. The molecule has 5 rings (SSSR count). The van der Waals surface area contributed by atoms with Gasteiger partial charge in [-0.3, -0.25) is 14.5 Å². The van der Waals surface area contributed by atoms with Gasteiger partial charge < -0.3 is 10.6 Å². The third kappa shape index (κ3) is 2.87. The Balaban J connectivity index is 1.51. The highest BCUT2D eigenvalue weighted by atomic mass is 19.1. The van der Waals surface area contributed by atoms with Crippen molar-refractivity contribution in [3.05, 3.63) is 59.3 Å². The molecule has 8 heteroatoms. The monoisotopic (exact) mass is 404 g/mol. The number of nitrogen functional groups attached to an aromatic ring is 1. The maximum atomic E-state index is 14.9. The number of aryl methyl sites for hydroxylation is 2. The second-order valence-electron chi connectivity index (χ2n) is 7.87. The summed E-state index contributed by atoms with van der Waals surface area (Å²) in [5.74, 6) is -0.477. The molecule has 4 heterocycles. The van der Waals surface area contributed by atoms with E-state index in [1.165, 1.54) is 6.07 Å². The topological polar surface area (TPSA) is 89.9 Å². The van der Waals surface area contributed by atoms with Gasteiger partial charge in [-0.2, -0.15) is 5.10 Å². The maximum absolute atomic E-state index is 14.9. The molecule has 1 unspecified atom stereocenters. The molecule has 3 aromatic heterocycles. The minimum absolute atomic E-state index is 0.0362. The third-order valence-corrected chi connectivity index (χ3v) is 5.85. The lowest BCUT2D eigenvalue weighted by Crippen LogP contribution is -2.29. The molecule has 0 radical (unpaired) electrons. The van der Waals surface area contributed by atoms with Gasteiger partial charge >= 0.3 is 0 Å². The van der Waals surface area contributed by atoms with E-state index in [-0.39, 0.29) is 23.2 Å². The van der Waals surface area contributed by atoms with E-state index in [0.29, 0.717) is 29.4 Å². The molecule has 2 N–H and O–H groups in total. The van der Waals surface area contributed by atoms with Gasteiger partial charge in [0, 0.05) is 49.4 Å². The van der Waals surface area contributed by atoms with Crippen molar-refractivity contribution in [1.29, 1.82) is 0 Å². The molecule has 1 aliphatic heterocycles. The Morgan fingerprint density at radius 1 is 1.23 bits per heavy atom. The number of halogens is 1. The molecule has 4 aromatic rings. The summed E-state index contributed by atoms with van der Waals surface area (Å²) in [6.45, 7) is 3.08. The fourth-order valence-corrected chi connectivity index (χ4v) is 4.22. The minimum Gasteiger partial charge on any atom is -0.383 e. The normalized spacial score (nSPS) is 16.6. The second-order valence-corrected chi connectivity index (χ2v) is 7.87. The number of fused-ring (bicyclic) bond motifs is 3. The molecule has 0 bridgehead atoms. The van der Waals surface area contributed by atoms with Gasteiger partial charge in [-0.1, -0.05) is 6.07 Å². The van der Waals surface area contributed by atoms with Gasteiger partial charge in [-0.25, -0.2) is 9.37 Å². The number of hydrogen-bond acceptors (Lipinski definition) is 5. The van der Waals surface area contributed by atoms with E-state index in [2.05, 4.69) is 15.1 Å². The van der Waals surface area contributed by atoms with Crippen molar-refractivity contribution in [2.75, 3.05) is 18.8 Å². The molecule has 0 aliphatic carbocycles. The van der Waals surface area contributed by atoms with Crippen LogP contribution in [0.1, 0.15) is 34.0 Å². The molecule has 1 atom stereocenters. The maximum Gasteiger partial charge on any atom is 0.256 e. The van der Waals surface area contributed by atoms with Gasteiger partial charge in [0.25, 0.3) is 5.91 Å². The first-order valence-electron chi connectivity index (χ1n) is 9.84. The molecule has 30 heavy (non-hydrogen) atoms. The van der Waals surface area contributed by atoms with Crippen LogP contribution >= 0.6 is 0 Å². The zero-order valence-electron chi connectivity index (χ0n) is 16.8. The molecule has 0 saturated carbocycles. The molecule has 152 valence electrons. The molecular formula is C22H21FN6O. The Hall–Kier alpha value is -3.55. The first kappa shape index (κ1) is 18.5. The van der Waals surface area contributed by atoms with Crippen molar-refractivity contribution in [2.45, 2.75) is 19.3 Å². The van der Waals surface area contributed by atoms with Crippen LogP contribution in [-0.4, -0.2) is 43.6 Å². The summed E-state index contributed by atoms with van der Waals surface area (Å²) in [5, 5.41) is 5.57. The van der Waals surface area contributed by atoms with Crippen molar-refractivity contribution in [3.8, 4) is 0 Å². The third-order valence-electron chi connectivity index (χ3n) is 5.85. The Morgan fingerprint density at radius 2 is 2.07 bits per heavy atom. The van der Waals surface area contributed by atoms with E-state index in [9.17, 15) is 9.18 Å². The number of aromatic nitrogens is 4. The summed E-state index contributed by atoms with van der Waals surface area (Å²) in [6, 6.07) is 6.87. The van der Waals surface area contributed by atoms with Gasteiger partial charge in [-0.15, -0.1) is 0 Å². The molecule has 1 fully saturated rings. The predicted molar refractivity (Wildman–Crippen MR) is 113 cm³/mol. The van der Waals surface area contributed by atoms with Gasteiger partial charge in [-0.05, 0) is 31.0 Å². The smallest absolute Gasteiger partial charge is 0.256 e. The van der Waals surface area contributed by atoms with Crippen molar-refractivity contribution in [1.82, 2.24) is 24.6 Å². The van der Waals surface area contributed by atoms with Crippen LogP contribution in [0, 0.1) is 12.7 Å². The standard InChI is InChI=1S/C22H21FN6O/c1-12-3-4-18(25-9-12)13-5-6-29(11-13)22(30)14-7-15-19(8-17(14)23)27-21(24)16-10-26-28(2)20(15)16/h3-4,7-10,13H,5-6,11H2,1-2H3,(H2,24,27). The number of nitrogens with two attached hydrogens (primary N) is 1. The summed E-state index contributed by atoms with van der Waals surface area (Å²) < 4.78 is 16.5. The van der Waals surface area contributed by atoms with Crippen LogP contribution in [0.25, 0.3) is 21.8 Å². The zero-order chi connectivity index (χ0) is 21.0. The highest BCUT2D eigenvalue weighted by Gasteiger charge is 2.30. The van der Waals surface area contributed by atoms with Gasteiger partial charge in [0.1, 0.15) is 11.6 Å². The van der Waals surface area contributed by atoms with E-state index >= 15 is 0 Å². The predicted octanol–water partition coefficient (Wildman–Crippen LogP) is 3.18. The number of rotatable bonds is 2. The number of hydrogen-bond donors (Lipinski definition) is 1. The van der Waals surface area contributed by atoms with Crippen LogP contribution in [0.3, 0.4) is 0 Å². The van der Waals surface area contributed by atoms with Crippen LogP contribution < -0.4 is 5.73 Å². The quantitative estimate of drug-likeness (QED) is 0.554. The number of anilines is 1. The van der Waals surface area contributed by atoms with Gasteiger partial charge in [0.2, 0.25) is 0 Å².